The first-order chi connectivity index (χ1) is 14.5. The van der Waals surface area contributed by atoms with Crippen molar-refractivity contribution in [1.29, 1.82) is 0 Å². The number of para-hydroxylation sites is 1. The van der Waals surface area contributed by atoms with E-state index in [1.807, 2.05) is 48.9 Å². The summed E-state index contributed by atoms with van der Waals surface area (Å²) >= 11 is 4.51. The fourth-order valence-corrected chi connectivity index (χ4v) is 4.87. The van der Waals surface area contributed by atoms with Gasteiger partial charge >= 0.3 is 0 Å². The highest BCUT2D eigenvalue weighted by Gasteiger charge is 2.12. The van der Waals surface area contributed by atoms with Crippen LogP contribution in [0.4, 0.5) is 5.69 Å². The van der Waals surface area contributed by atoms with E-state index in [0.29, 0.717) is 23.3 Å². The summed E-state index contributed by atoms with van der Waals surface area (Å²) in [5.74, 6) is 1.08. The Morgan fingerprint density at radius 3 is 2.73 bits per heavy atom. The van der Waals surface area contributed by atoms with Crippen LogP contribution in [0.15, 0.2) is 44.7 Å². The number of hydrogen-bond acceptors (Lipinski definition) is 9. The van der Waals surface area contributed by atoms with E-state index in [4.69, 9.17) is 4.42 Å². The minimum Gasteiger partial charge on any atom is -0.416 e. The Morgan fingerprint density at radius 2 is 1.93 bits per heavy atom. The highest BCUT2D eigenvalue weighted by atomic mass is 32.2. The van der Waals surface area contributed by atoms with Gasteiger partial charge in [-0.15, -0.1) is 32.9 Å². The van der Waals surface area contributed by atoms with Crippen LogP contribution in [0.25, 0.3) is 0 Å². The van der Waals surface area contributed by atoms with E-state index >= 15 is 0 Å². The van der Waals surface area contributed by atoms with Crippen molar-refractivity contribution >= 4 is 46.0 Å². The second-order valence-electron chi connectivity index (χ2n) is 6.56. The van der Waals surface area contributed by atoms with E-state index in [-0.39, 0.29) is 12.3 Å². The van der Waals surface area contributed by atoms with Crippen LogP contribution < -0.4 is 5.32 Å². The Bertz CT molecular complexity index is 1150. The Kier molecular flexibility index (Phi) is 6.56. The van der Waals surface area contributed by atoms with Crippen molar-refractivity contribution in [3.05, 3.63) is 67.9 Å². The van der Waals surface area contributed by atoms with Gasteiger partial charge in [-0.25, -0.2) is 9.97 Å². The molecule has 0 radical (unpaired) electrons. The number of aromatic nitrogens is 4. The van der Waals surface area contributed by atoms with Crippen molar-refractivity contribution in [2.45, 2.75) is 37.7 Å². The molecular weight excluding hydrogens is 438 g/mol. The molecule has 154 valence electrons. The second kappa shape index (κ2) is 9.50. The first kappa shape index (κ1) is 20.7. The molecule has 30 heavy (non-hydrogen) atoms. The molecule has 1 aromatic carbocycles. The standard InChI is InChI=1S/C20H19N5O2S3/c1-12-5-3-4-6-16(12)23-17(26)8-19-22-15(10-29-19)11-30-20-25-24-18(27-20)7-14-9-28-13(2)21-14/h3-6,9-10H,7-8,11H2,1-2H3,(H,23,26). The maximum absolute atomic E-state index is 12.3. The number of amides is 1. The smallest absolute Gasteiger partial charge is 0.276 e. The first-order valence-corrected chi connectivity index (χ1v) is 11.9. The third kappa shape index (κ3) is 5.53. The van der Waals surface area contributed by atoms with Gasteiger partial charge < -0.3 is 9.73 Å². The largest absolute Gasteiger partial charge is 0.416 e. The molecular formula is C20H19N5O2S3. The monoisotopic (exact) mass is 457 g/mol. The number of nitrogens with zero attached hydrogens (tertiary/aromatic N) is 4. The number of carbonyl (C=O) groups excluding carboxylic acids is 1. The lowest BCUT2D eigenvalue weighted by Gasteiger charge is -2.06. The number of thioether (sulfide) groups is 1. The van der Waals surface area contributed by atoms with Crippen LogP contribution in [0.2, 0.25) is 0 Å². The van der Waals surface area contributed by atoms with Crippen LogP contribution >= 0.6 is 34.4 Å². The van der Waals surface area contributed by atoms with Gasteiger partial charge in [0.2, 0.25) is 11.8 Å². The molecule has 0 saturated heterocycles. The zero-order chi connectivity index (χ0) is 20.9. The number of aryl methyl sites for hydroxylation is 2. The SMILES string of the molecule is Cc1nc(Cc2nnc(SCc3csc(CC(=O)Nc4ccccc4C)n3)o2)cs1. The average Bonchev–Trinajstić information content (AvgIpc) is 3.44. The molecule has 0 aliphatic rings. The molecule has 0 atom stereocenters. The Labute approximate surface area is 186 Å². The zero-order valence-electron chi connectivity index (χ0n) is 16.4. The van der Waals surface area contributed by atoms with Crippen molar-refractivity contribution < 1.29 is 9.21 Å². The molecule has 0 fully saturated rings. The number of carbonyl (C=O) groups is 1. The number of nitrogens with one attached hydrogen (secondary N) is 1. The summed E-state index contributed by atoms with van der Waals surface area (Å²) in [5, 5.41) is 17.4. The molecule has 1 N–H and O–H groups in total. The van der Waals surface area contributed by atoms with Crippen molar-refractivity contribution in [2.75, 3.05) is 5.32 Å². The maximum atomic E-state index is 12.3. The molecule has 3 aromatic heterocycles. The van der Waals surface area contributed by atoms with Gasteiger partial charge in [0.1, 0.15) is 5.01 Å². The summed E-state index contributed by atoms with van der Waals surface area (Å²) in [4.78, 5) is 21.2. The van der Waals surface area contributed by atoms with E-state index in [1.165, 1.54) is 23.1 Å². The van der Waals surface area contributed by atoms with Gasteiger partial charge in [-0.2, -0.15) is 0 Å². The molecule has 3 heterocycles. The van der Waals surface area contributed by atoms with Crippen LogP contribution in [0.5, 0.6) is 0 Å². The highest BCUT2D eigenvalue weighted by molar-refractivity contribution is 7.98. The van der Waals surface area contributed by atoms with E-state index in [9.17, 15) is 4.79 Å². The van der Waals surface area contributed by atoms with Crippen LogP contribution in [-0.2, 0) is 23.4 Å². The normalized spacial score (nSPS) is 11.0. The van der Waals surface area contributed by atoms with Gasteiger partial charge in [-0.05, 0) is 25.5 Å². The third-order valence-electron chi connectivity index (χ3n) is 4.12. The summed E-state index contributed by atoms with van der Waals surface area (Å²) < 4.78 is 5.68. The van der Waals surface area contributed by atoms with Crippen molar-refractivity contribution in [3.8, 4) is 0 Å². The lowest BCUT2D eigenvalue weighted by molar-refractivity contribution is -0.115. The number of rotatable bonds is 8. The molecule has 0 aliphatic heterocycles. The van der Waals surface area contributed by atoms with Gasteiger partial charge in [0.05, 0.1) is 29.2 Å². The summed E-state index contributed by atoms with van der Waals surface area (Å²) in [6.07, 6.45) is 0.788. The molecule has 1 amide bonds. The van der Waals surface area contributed by atoms with Crippen LogP contribution in [0.3, 0.4) is 0 Å². The minimum atomic E-state index is -0.0725. The van der Waals surface area contributed by atoms with Gasteiger partial charge in [0.25, 0.3) is 5.22 Å². The van der Waals surface area contributed by atoms with Crippen molar-refractivity contribution in [1.82, 2.24) is 20.2 Å². The second-order valence-corrected chi connectivity index (χ2v) is 9.49. The summed E-state index contributed by atoms with van der Waals surface area (Å²) in [6, 6.07) is 7.71. The fraction of sp³-hybridized carbons (Fsp3) is 0.250. The molecule has 7 nitrogen and oxygen atoms in total. The molecule has 10 heteroatoms. The average molecular weight is 458 g/mol. The molecule has 0 aliphatic carbocycles. The molecule has 0 unspecified atom stereocenters. The topological polar surface area (TPSA) is 93.8 Å². The van der Waals surface area contributed by atoms with Crippen LogP contribution in [0.1, 0.15) is 32.9 Å². The van der Waals surface area contributed by atoms with Crippen LogP contribution in [0, 0.1) is 13.8 Å². The lowest BCUT2D eigenvalue weighted by Crippen LogP contribution is -2.15. The Morgan fingerprint density at radius 1 is 1.10 bits per heavy atom. The summed E-state index contributed by atoms with van der Waals surface area (Å²) in [7, 11) is 0. The Balaban J connectivity index is 1.27. The number of thiazole rings is 2. The minimum absolute atomic E-state index is 0.0725. The molecule has 4 rings (SSSR count). The van der Waals surface area contributed by atoms with Gasteiger partial charge in [0.15, 0.2) is 0 Å². The Hall–Kier alpha value is -2.56. The summed E-state index contributed by atoms with van der Waals surface area (Å²) in [6.45, 7) is 3.94. The lowest BCUT2D eigenvalue weighted by atomic mass is 10.2. The first-order valence-electron chi connectivity index (χ1n) is 9.20. The van der Waals surface area contributed by atoms with Crippen molar-refractivity contribution in [2.24, 2.45) is 0 Å². The predicted octanol–water partition coefficient (Wildman–Crippen LogP) is 4.66. The molecule has 0 saturated carbocycles. The number of hydrogen-bond donors (Lipinski definition) is 1. The highest BCUT2D eigenvalue weighted by Crippen LogP contribution is 2.24. The summed E-state index contributed by atoms with van der Waals surface area (Å²) in [5.41, 5.74) is 3.69. The predicted molar refractivity (Wildman–Crippen MR) is 119 cm³/mol. The van der Waals surface area contributed by atoms with E-state index < -0.39 is 0 Å². The molecule has 0 spiro atoms. The van der Waals surface area contributed by atoms with E-state index in [0.717, 1.165) is 32.7 Å². The van der Waals surface area contributed by atoms with Gasteiger partial charge in [0, 0.05) is 22.2 Å². The van der Waals surface area contributed by atoms with Gasteiger partial charge in [-0.3, -0.25) is 4.79 Å². The molecule has 0 bridgehead atoms. The van der Waals surface area contributed by atoms with Gasteiger partial charge in [-0.1, -0.05) is 30.0 Å². The van der Waals surface area contributed by atoms with Crippen LogP contribution in [-0.4, -0.2) is 26.1 Å². The molecule has 4 aromatic rings. The number of anilines is 1. The third-order valence-corrected chi connectivity index (χ3v) is 6.69. The quantitative estimate of drug-likeness (QED) is 0.384. The number of benzene rings is 1. The van der Waals surface area contributed by atoms with Crippen molar-refractivity contribution in [3.63, 3.8) is 0 Å². The van der Waals surface area contributed by atoms with E-state index in [2.05, 4.69) is 25.5 Å². The fourth-order valence-electron chi connectivity index (χ4n) is 2.69. The maximum Gasteiger partial charge on any atom is 0.276 e. The van der Waals surface area contributed by atoms with E-state index in [1.54, 1.807) is 11.3 Å². The zero-order valence-corrected chi connectivity index (χ0v) is 18.9.